The van der Waals surface area contributed by atoms with Crippen molar-refractivity contribution in [1.29, 1.82) is 5.26 Å². The van der Waals surface area contributed by atoms with Gasteiger partial charge in [0.1, 0.15) is 11.9 Å². The number of aliphatic hydroxyl groups is 1. The van der Waals surface area contributed by atoms with Crippen LogP contribution in [0.2, 0.25) is 0 Å². The third-order valence-electron chi connectivity index (χ3n) is 13.0. The Balaban J connectivity index is 1.70. The molecule has 0 spiro atoms. The molecule has 5 nitrogen and oxygen atoms in total. The summed E-state index contributed by atoms with van der Waals surface area (Å²) in [6.07, 6.45) is 10.1. The fraction of sp³-hybridized carbons (Fsp3) is 0.758. The van der Waals surface area contributed by atoms with Crippen LogP contribution in [0.1, 0.15) is 99.8 Å². The highest BCUT2D eigenvalue weighted by Gasteiger charge is 2.70. The number of nitrogens with zero attached hydrogens (tertiary/aromatic N) is 1. The second-order valence-electron chi connectivity index (χ2n) is 15.1. The molecule has 206 valence electrons. The van der Waals surface area contributed by atoms with Crippen LogP contribution in [0.3, 0.4) is 0 Å². The molecule has 0 aromatic heterocycles. The topological polar surface area (TPSA) is 95.2 Å². The van der Waals surface area contributed by atoms with Crippen molar-refractivity contribution in [3.63, 3.8) is 0 Å². The molecule has 5 rings (SSSR count). The van der Waals surface area contributed by atoms with Crippen LogP contribution >= 0.6 is 0 Å². The molecule has 5 aliphatic carbocycles. The quantitative estimate of drug-likeness (QED) is 0.482. The largest absolute Gasteiger partial charge is 0.396 e. The van der Waals surface area contributed by atoms with E-state index in [-0.39, 0.29) is 63.5 Å². The van der Waals surface area contributed by atoms with E-state index in [9.17, 15) is 24.8 Å². The summed E-state index contributed by atoms with van der Waals surface area (Å²) in [7, 11) is 0. The van der Waals surface area contributed by atoms with Gasteiger partial charge in [0.25, 0.3) is 0 Å². The molecule has 0 aliphatic heterocycles. The molecule has 0 aromatic rings. The minimum absolute atomic E-state index is 0.0351. The number of aliphatic hydroxyl groups excluding tert-OH is 1. The second kappa shape index (κ2) is 8.23. The van der Waals surface area contributed by atoms with Crippen LogP contribution in [0.5, 0.6) is 0 Å². The lowest BCUT2D eigenvalue weighted by Crippen LogP contribution is -2.65. The molecule has 0 radical (unpaired) electrons. The number of hydrogen-bond donors (Lipinski definition) is 1. The van der Waals surface area contributed by atoms with E-state index >= 15 is 0 Å². The fourth-order valence-corrected chi connectivity index (χ4v) is 10.6. The van der Waals surface area contributed by atoms with Crippen molar-refractivity contribution in [3.05, 3.63) is 23.3 Å². The van der Waals surface area contributed by atoms with E-state index in [0.717, 1.165) is 50.5 Å². The Hall–Kier alpha value is -2.06. The number of carbonyl (C=O) groups is 3. The molecular weight excluding hydrogens is 474 g/mol. The molecule has 5 aliphatic rings. The first-order valence-corrected chi connectivity index (χ1v) is 14.6. The first-order chi connectivity index (χ1) is 17.6. The number of carbonyl (C=O) groups excluding carboxylic acids is 3. The summed E-state index contributed by atoms with van der Waals surface area (Å²) in [5.74, 6) is -0.0685. The third-order valence-corrected chi connectivity index (χ3v) is 13.0. The molecule has 0 aromatic carbocycles. The Morgan fingerprint density at radius 1 is 1.05 bits per heavy atom. The van der Waals surface area contributed by atoms with E-state index in [0.29, 0.717) is 6.42 Å². The van der Waals surface area contributed by atoms with Gasteiger partial charge in [0.05, 0.1) is 5.57 Å². The van der Waals surface area contributed by atoms with Gasteiger partial charge < -0.3 is 5.11 Å². The molecular formula is C33H45NO4. The fourth-order valence-electron chi connectivity index (χ4n) is 10.6. The maximum Gasteiger partial charge on any atom is 0.179 e. The van der Waals surface area contributed by atoms with Gasteiger partial charge >= 0.3 is 0 Å². The zero-order valence-electron chi connectivity index (χ0n) is 24.4. The van der Waals surface area contributed by atoms with Gasteiger partial charge in [-0.1, -0.05) is 53.2 Å². The standard InChI is InChI=1S/C33H45NO4/c1-20(36)33-12-10-28(2,3)18-22(33)26-23(37)16-25-30(5)17-21(19-34)27(38)29(4,14-15-35)24(30)8-9-31(25,6)32(26,7)11-13-33/h16-17,22,24,26,35H,8-15,18H2,1-7H3/t22?,24?,26?,29-,30?,31+,32+,33+/m0/s1. The molecule has 38 heavy (non-hydrogen) atoms. The van der Waals surface area contributed by atoms with E-state index in [2.05, 4.69) is 40.7 Å². The van der Waals surface area contributed by atoms with Gasteiger partial charge in [0.2, 0.25) is 0 Å². The number of rotatable bonds is 3. The van der Waals surface area contributed by atoms with Crippen molar-refractivity contribution in [2.75, 3.05) is 6.61 Å². The minimum atomic E-state index is -0.851. The molecule has 0 saturated heterocycles. The van der Waals surface area contributed by atoms with Crippen molar-refractivity contribution < 1.29 is 19.5 Å². The van der Waals surface area contributed by atoms with Crippen LogP contribution in [0.15, 0.2) is 23.3 Å². The van der Waals surface area contributed by atoms with Crippen LogP contribution in [0, 0.1) is 61.6 Å². The molecule has 5 heteroatoms. The van der Waals surface area contributed by atoms with Crippen molar-refractivity contribution in [3.8, 4) is 6.07 Å². The molecule has 0 amide bonds. The molecule has 4 unspecified atom stereocenters. The number of ketones is 3. The van der Waals surface area contributed by atoms with Crippen LogP contribution < -0.4 is 0 Å². The van der Waals surface area contributed by atoms with E-state index in [1.807, 2.05) is 19.1 Å². The Kier molecular flexibility index (Phi) is 5.96. The minimum Gasteiger partial charge on any atom is -0.396 e. The molecule has 0 heterocycles. The van der Waals surface area contributed by atoms with E-state index in [1.54, 1.807) is 6.92 Å². The zero-order chi connectivity index (χ0) is 28.1. The number of hydrogen-bond acceptors (Lipinski definition) is 5. The summed E-state index contributed by atoms with van der Waals surface area (Å²) in [4.78, 5) is 41.1. The number of allylic oxidation sites excluding steroid dienone is 4. The third kappa shape index (κ3) is 3.22. The van der Waals surface area contributed by atoms with Crippen molar-refractivity contribution in [2.45, 2.75) is 99.8 Å². The Morgan fingerprint density at radius 2 is 1.71 bits per heavy atom. The smallest absolute Gasteiger partial charge is 0.179 e. The van der Waals surface area contributed by atoms with Gasteiger partial charge in [0.15, 0.2) is 11.6 Å². The van der Waals surface area contributed by atoms with Gasteiger partial charge in [-0.25, -0.2) is 0 Å². The van der Waals surface area contributed by atoms with Gasteiger partial charge in [-0.05, 0) is 92.4 Å². The van der Waals surface area contributed by atoms with E-state index in [1.165, 1.54) is 0 Å². The Morgan fingerprint density at radius 3 is 2.32 bits per heavy atom. The monoisotopic (exact) mass is 519 g/mol. The van der Waals surface area contributed by atoms with Gasteiger partial charge in [-0.15, -0.1) is 0 Å². The summed E-state index contributed by atoms with van der Waals surface area (Å²) in [5, 5.41) is 19.9. The highest BCUT2D eigenvalue weighted by atomic mass is 16.3. The normalized spacial score (nSPS) is 47.4. The molecule has 1 N–H and O–H groups in total. The lowest BCUT2D eigenvalue weighted by Gasteiger charge is -2.69. The maximum absolute atomic E-state index is 14.4. The second-order valence-corrected chi connectivity index (χ2v) is 15.1. The SMILES string of the molecule is CC(=O)[C@]12CCC(C)(C)CC1C1C(=O)C=C3C4(C)C=C(C#N)C(=O)[C@@](C)(CCO)C4CC[C@@]3(C)[C@]1(C)CC2. The van der Waals surface area contributed by atoms with Crippen LogP contribution in [0.4, 0.5) is 0 Å². The summed E-state index contributed by atoms with van der Waals surface area (Å²) < 4.78 is 0. The van der Waals surface area contributed by atoms with Crippen molar-refractivity contribution in [1.82, 2.24) is 0 Å². The Bertz CT molecular complexity index is 1220. The molecule has 3 fully saturated rings. The highest BCUT2D eigenvalue weighted by molar-refractivity contribution is 6.05. The summed E-state index contributed by atoms with van der Waals surface area (Å²) in [5.41, 5.74) is -1.19. The predicted molar refractivity (Wildman–Crippen MR) is 146 cm³/mol. The number of Topliss-reactive ketones (excluding diaryl/α,β-unsaturated/α-hetero) is 2. The van der Waals surface area contributed by atoms with Crippen molar-refractivity contribution in [2.24, 2.45) is 50.2 Å². The molecule has 8 atom stereocenters. The first kappa shape index (κ1) is 27.5. The zero-order valence-corrected chi connectivity index (χ0v) is 24.4. The Labute approximate surface area is 228 Å². The average molecular weight is 520 g/mol. The van der Waals surface area contributed by atoms with Gasteiger partial charge in [0, 0.05) is 28.8 Å². The van der Waals surface area contributed by atoms with Crippen LogP contribution in [0.25, 0.3) is 0 Å². The maximum atomic E-state index is 14.4. The number of fused-ring (bicyclic) bond motifs is 7. The summed E-state index contributed by atoms with van der Waals surface area (Å²) in [6.45, 7) is 14.8. The van der Waals surface area contributed by atoms with E-state index in [4.69, 9.17) is 0 Å². The lowest BCUT2D eigenvalue weighted by atomic mass is 9.34. The number of nitriles is 1. The highest BCUT2D eigenvalue weighted by Crippen LogP contribution is 2.74. The summed E-state index contributed by atoms with van der Waals surface area (Å²) >= 11 is 0. The van der Waals surface area contributed by atoms with Crippen LogP contribution in [-0.2, 0) is 14.4 Å². The van der Waals surface area contributed by atoms with Crippen LogP contribution in [-0.4, -0.2) is 29.1 Å². The molecule has 3 saturated carbocycles. The first-order valence-electron chi connectivity index (χ1n) is 14.6. The van der Waals surface area contributed by atoms with E-state index < -0.39 is 16.2 Å². The van der Waals surface area contributed by atoms with Gasteiger partial charge in [-0.3, -0.25) is 14.4 Å². The summed E-state index contributed by atoms with van der Waals surface area (Å²) in [6, 6.07) is 2.15. The van der Waals surface area contributed by atoms with Gasteiger partial charge in [-0.2, -0.15) is 5.26 Å². The predicted octanol–water partition coefficient (Wildman–Crippen LogP) is 6.16. The average Bonchev–Trinajstić information content (AvgIpc) is 2.82. The molecule has 0 bridgehead atoms. The lowest BCUT2D eigenvalue weighted by molar-refractivity contribution is -0.176. The van der Waals surface area contributed by atoms with Crippen molar-refractivity contribution >= 4 is 17.3 Å².